The second-order valence-electron chi connectivity index (χ2n) is 7.87. The Hall–Kier alpha value is -3.71. The molecule has 4 aromatic rings. The number of aromatic nitrogens is 4. The number of hydrogen-bond acceptors (Lipinski definition) is 7. The molecule has 9 nitrogen and oxygen atoms in total. The highest BCUT2D eigenvalue weighted by molar-refractivity contribution is 7.92. The Bertz CT molecular complexity index is 1490. The van der Waals surface area contributed by atoms with E-state index in [-0.39, 0.29) is 23.0 Å². The highest BCUT2D eigenvalue weighted by Crippen LogP contribution is 2.29. The van der Waals surface area contributed by atoms with E-state index in [9.17, 15) is 21.6 Å². The molecule has 2 heterocycles. The summed E-state index contributed by atoms with van der Waals surface area (Å²) in [6, 6.07) is 9.69. The van der Waals surface area contributed by atoms with Gasteiger partial charge in [0.05, 0.1) is 6.54 Å². The van der Waals surface area contributed by atoms with Gasteiger partial charge in [0.1, 0.15) is 16.1 Å². The van der Waals surface area contributed by atoms with Gasteiger partial charge in [0.2, 0.25) is 5.88 Å². The van der Waals surface area contributed by atoms with Crippen LogP contribution in [0.1, 0.15) is 11.3 Å². The summed E-state index contributed by atoms with van der Waals surface area (Å²) < 4.78 is 74.2. The summed E-state index contributed by atoms with van der Waals surface area (Å²) in [4.78, 5) is 8.12. The third kappa shape index (κ3) is 5.20. The van der Waals surface area contributed by atoms with E-state index in [0.717, 1.165) is 6.07 Å². The first-order chi connectivity index (χ1) is 16.5. The molecule has 0 unspecified atom stereocenters. The largest absolute Gasteiger partial charge is 0.471 e. The van der Waals surface area contributed by atoms with Crippen LogP contribution in [0.15, 0.2) is 47.4 Å². The minimum atomic E-state index is -4.17. The highest BCUT2D eigenvalue weighted by Gasteiger charge is 2.29. The lowest BCUT2D eigenvalue weighted by atomic mass is 10.2. The number of H-pyrrole nitrogens is 1. The van der Waals surface area contributed by atoms with Gasteiger partial charge in [-0.3, -0.25) is 9.82 Å². The van der Waals surface area contributed by atoms with Crippen LogP contribution >= 0.6 is 0 Å². The fourth-order valence-corrected chi connectivity index (χ4v) is 4.43. The van der Waals surface area contributed by atoms with Crippen LogP contribution in [-0.2, 0) is 10.0 Å². The van der Waals surface area contributed by atoms with Gasteiger partial charge in [-0.1, -0.05) is 6.07 Å². The number of halogens is 3. The first-order valence-electron chi connectivity index (χ1n) is 10.3. The number of nitrogens with two attached hydrogens (primary N) is 1. The van der Waals surface area contributed by atoms with E-state index in [1.165, 1.54) is 36.4 Å². The van der Waals surface area contributed by atoms with Crippen LogP contribution in [0, 0.1) is 19.7 Å². The van der Waals surface area contributed by atoms with E-state index < -0.39 is 39.8 Å². The average molecular weight is 507 g/mol. The Morgan fingerprint density at radius 2 is 1.83 bits per heavy atom. The molecule has 0 saturated carbocycles. The van der Waals surface area contributed by atoms with E-state index in [1.54, 1.807) is 13.8 Å². The number of sulfonamides is 1. The Morgan fingerprint density at radius 1 is 1.11 bits per heavy atom. The van der Waals surface area contributed by atoms with Crippen molar-refractivity contribution < 1.29 is 26.3 Å². The smallest absolute Gasteiger partial charge is 0.293 e. The molecule has 0 spiro atoms. The van der Waals surface area contributed by atoms with Crippen LogP contribution in [0.2, 0.25) is 0 Å². The number of rotatable bonds is 8. The Kier molecular flexibility index (Phi) is 6.38. The molecule has 0 amide bonds. The summed E-state index contributed by atoms with van der Waals surface area (Å²) in [7, 11) is -4.17. The molecule has 2 aromatic heterocycles. The minimum absolute atomic E-state index is 0.0934. The third-order valence-corrected chi connectivity index (χ3v) is 6.45. The number of ether oxygens (including phenoxy) is 1. The van der Waals surface area contributed by atoms with Crippen LogP contribution in [0.3, 0.4) is 0 Å². The zero-order valence-electron chi connectivity index (χ0n) is 18.6. The molecule has 0 bridgehead atoms. The molecule has 35 heavy (non-hydrogen) atoms. The SMILES string of the molecule is Cc1ccc(F)c(S(=O)(=O)Nc2ccc(-c3nc(OCC(F)(F)CN)c4c(C)[nH]nc4n3)cc2)c1. The van der Waals surface area contributed by atoms with Crippen LogP contribution in [0.25, 0.3) is 22.4 Å². The average Bonchev–Trinajstić information content (AvgIpc) is 3.20. The van der Waals surface area contributed by atoms with Gasteiger partial charge in [-0.2, -0.15) is 10.1 Å². The van der Waals surface area contributed by atoms with Gasteiger partial charge in [-0.25, -0.2) is 26.6 Å². The summed E-state index contributed by atoms with van der Waals surface area (Å²) >= 11 is 0. The van der Waals surface area contributed by atoms with Gasteiger partial charge in [0.25, 0.3) is 15.9 Å². The van der Waals surface area contributed by atoms with Gasteiger partial charge in [0, 0.05) is 16.9 Å². The summed E-state index contributed by atoms with van der Waals surface area (Å²) in [6.07, 6.45) is 0. The van der Waals surface area contributed by atoms with E-state index in [2.05, 4.69) is 24.9 Å². The van der Waals surface area contributed by atoms with Gasteiger partial charge in [0.15, 0.2) is 18.1 Å². The number of aromatic amines is 1. The van der Waals surface area contributed by atoms with E-state index in [4.69, 9.17) is 10.5 Å². The molecule has 4 rings (SSSR count). The monoisotopic (exact) mass is 506 g/mol. The third-order valence-electron chi connectivity index (χ3n) is 5.05. The minimum Gasteiger partial charge on any atom is -0.471 e. The van der Waals surface area contributed by atoms with E-state index in [0.29, 0.717) is 22.2 Å². The predicted molar refractivity (Wildman–Crippen MR) is 123 cm³/mol. The van der Waals surface area contributed by atoms with E-state index in [1.807, 2.05) is 0 Å². The van der Waals surface area contributed by atoms with Gasteiger partial charge in [-0.05, 0) is 55.8 Å². The molecule has 0 atom stereocenters. The maximum Gasteiger partial charge on any atom is 0.293 e. The zero-order chi connectivity index (χ0) is 25.4. The summed E-state index contributed by atoms with van der Waals surface area (Å²) in [5, 5.41) is 7.12. The Labute approximate surface area is 198 Å². The van der Waals surface area contributed by atoms with Crippen molar-refractivity contribution in [3.8, 4) is 17.3 Å². The molecule has 0 aliphatic heterocycles. The molecule has 4 N–H and O–H groups in total. The first-order valence-corrected chi connectivity index (χ1v) is 11.8. The molecule has 0 saturated heterocycles. The molecule has 184 valence electrons. The fraction of sp³-hybridized carbons (Fsp3) is 0.227. The van der Waals surface area contributed by atoms with Crippen molar-refractivity contribution in [3.05, 3.63) is 59.5 Å². The molecular weight excluding hydrogens is 485 g/mol. The topological polar surface area (TPSA) is 136 Å². The maximum absolute atomic E-state index is 14.1. The second-order valence-corrected chi connectivity index (χ2v) is 9.52. The molecule has 2 aromatic carbocycles. The highest BCUT2D eigenvalue weighted by atomic mass is 32.2. The Morgan fingerprint density at radius 3 is 2.51 bits per heavy atom. The fourth-order valence-electron chi connectivity index (χ4n) is 3.21. The zero-order valence-corrected chi connectivity index (χ0v) is 19.5. The van der Waals surface area contributed by atoms with E-state index >= 15 is 0 Å². The lowest BCUT2D eigenvalue weighted by Gasteiger charge is -2.15. The molecule has 13 heteroatoms. The number of benzene rings is 2. The molecule has 0 aliphatic carbocycles. The van der Waals surface area contributed by atoms with Crippen molar-refractivity contribution >= 4 is 26.7 Å². The lowest BCUT2D eigenvalue weighted by Crippen LogP contribution is -2.34. The quantitative estimate of drug-likeness (QED) is 0.333. The molecule has 0 aliphatic rings. The van der Waals surface area contributed by atoms with Crippen LogP contribution in [0.4, 0.5) is 18.9 Å². The summed E-state index contributed by atoms with van der Waals surface area (Å²) in [5.74, 6) is -4.09. The number of aryl methyl sites for hydroxylation is 2. The molecule has 0 fully saturated rings. The van der Waals surface area contributed by atoms with Crippen LogP contribution in [0.5, 0.6) is 5.88 Å². The van der Waals surface area contributed by atoms with Crippen molar-refractivity contribution in [3.63, 3.8) is 0 Å². The Balaban J connectivity index is 1.63. The molecule has 0 radical (unpaired) electrons. The second kappa shape index (κ2) is 9.15. The number of nitrogens with zero attached hydrogens (tertiary/aromatic N) is 3. The maximum atomic E-state index is 14.1. The lowest BCUT2D eigenvalue weighted by molar-refractivity contribution is -0.0326. The number of anilines is 1. The molecular formula is C22H21F3N6O3S. The predicted octanol–water partition coefficient (Wildman–Crippen LogP) is 3.55. The summed E-state index contributed by atoms with van der Waals surface area (Å²) in [5.41, 5.74) is 7.01. The van der Waals surface area contributed by atoms with Crippen LogP contribution in [-0.4, -0.2) is 47.7 Å². The standard InChI is InChI=1S/C22H21F3N6O3S/c1-12-3-8-16(23)17(9-12)35(32,33)31-15-6-4-14(5-7-15)19-27-20-18(13(2)29-30-20)21(28-19)34-11-22(24,25)10-26/h3-9,31H,10-11,26H2,1-2H3,(H,27,28,29,30). The number of nitrogens with one attached hydrogen (secondary N) is 2. The normalized spacial score (nSPS) is 12.2. The van der Waals surface area contributed by atoms with Gasteiger partial charge < -0.3 is 10.5 Å². The van der Waals surface area contributed by atoms with Crippen molar-refractivity contribution in [2.45, 2.75) is 24.7 Å². The van der Waals surface area contributed by atoms with Crippen molar-refractivity contribution in [2.75, 3.05) is 17.9 Å². The number of fused-ring (bicyclic) bond motifs is 1. The van der Waals surface area contributed by atoms with Crippen molar-refractivity contribution in [1.82, 2.24) is 20.2 Å². The summed E-state index contributed by atoms with van der Waals surface area (Å²) in [6.45, 7) is 1.46. The van der Waals surface area contributed by atoms with Gasteiger partial charge >= 0.3 is 0 Å². The van der Waals surface area contributed by atoms with Crippen LogP contribution < -0.4 is 15.2 Å². The number of hydrogen-bond donors (Lipinski definition) is 3. The van der Waals surface area contributed by atoms with Gasteiger partial charge in [-0.15, -0.1) is 0 Å². The van der Waals surface area contributed by atoms with Crippen molar-refractivity contribution in [1.29, 1.82) is 0 Å². The van der Waals surface area contributed by atoms with Crippen molar-refractivity contribution in [2.24, 2.45) is 5.73 Å². The number of alkyl halides is 2. The first kappa shape index (κ1) is 24.4.